The number of nitrogens with zero attached hydrogens (tertiary/aromatic N) is 1. The van der Waals surface area contributed by atoms with E-state index in [1.165, 1.54) is 7.11 Å². The first kappa shape index (κ1) is 10.2. The van der Waals surface area contributed by atoms with Gasteiger partial charge in [0, 0.05) is 0 Å². The van der Waals surface area contributed by atoms with Crippen molar-refractivity contribution in [3.8, 4) is 0 Å². The average Bonchev–Trinajstić information content (AvgIpc) is 1.99. The monoisotopic (exact) mass is 175 g/mol. The maximum absolute atomic E-state index is 10.7. The number of hydrogen-bond donors (Lipinski definition) is 1. The van der Waals surface area contributed by atoms with Crippen LogP contribution in [0.1, 0.15) is 6.92 Å². The minimum absolute atomic E-state index is 0.460. The molecular formula is C6H9NO3S. The zero-order chi connectivity index (χ0) is 8.85. The molecule has 0 aromatic heterocycles. The fraction of sp³-hybridized carbons (Fsp3) is 0.500. The molecule has 0 heterocycles. The second-order valence-electron chi connectivity index (χ2n) is 1.80. The molecule has 0 bridgehead atoms. The molecule has 0 saturated heterocycles. The minimum Gasteiger partial charge on any atom is -0.465 e. The molecule has 0 fully saturated rings. The zero-order valence-corrected chi connectivity index (χ0v) is 7.17. The molecule has 4 nitrogen and oxygen atoms in total. The third kappa shape index (κ3) is 4.55. The summed E-state index contributed by atoms with van der Waals surface area (Å²) in [5, 5.41) is -0.490. The molecule has 0 aromatic carbocycles. The summed E-state index contributed by atoms with van der Waals surface area (Å²) in [6.45, 7) is 1.57. The molecule has 0 radical (unpaired) electrons. The summed E-state index contributed by atoms with van der Waals surface area (Å²) in [5.41, 5.74) is 0. The maximum atomic E-state index is 10.7. The lowest BCUT2D eigenvalue weighted by Gasteiger charge is -1.94. The Balaban J connectivity index is 3.93. The molecule has 62 valence electrons. The van der Waals surface area contributed by atoms with Gasteiger partial charge >= 0.3 is 5.97 Å². The third-order valence-electron chi connectivity index (χ3n) is 0.856. The standard InChI is InChI=1S/C6H9NO3S/c1-4(11)6(9)7-3-5(8)10-2/h3-4,11H,1-2H3. The van der Waals surface area contributed by atoms with Crippen LogP contribution in [0.15, 0.2) is 4.99 Å². The van der Waals surface area contributed by atoms with Gasteiger partial charge in [-0.3, -0.25) is 4.79 Å². The Morgan fingerprint density at radius 2 is 2.18 bits per heavy atom. The molecule has 0 aliphatic rings. The second kappa shape index (κ2) is 4.90. The van der Waals surface area contributed by atoms with E-state index in [0.717, 1.165) is 6.21 Å². The van der Waals surface area contributed by atoms with Gasteiger partial charge in [-0.1, -0.05) is 0 Å². The van der Waals surface area contributed by atoms with Crippen LogP contribution in [0, 0.1) is 0 Å². The molecule has 0 aliphatic carbocycles. The van der Waals surface area contributed by atoms with Crippen LogP contribution in [0.3, 0.4) is 0 Å². The Morgan fingerprint density at radius 3 is 2.55 bits per heavy atom. The summed E-state index contributed by atoms with van der Waals surface area (Å²) in [4.78, 5) is 24.4. The highest BCUT2D eigenvalue weighted by molar-refractivity contribution is 7.81. The Labute approximate surface area is 70.1 Å². The van der Waals surface area contributed by atoms with E-state index in [1.54, 1.807) is 6.92 Å². The predicted octanol–water partition coefficient (Wildman–Crippen LogP) is 0.0751. The van der Waals surface area contributed by atoms with Gasteiger partial charge in [-0.15, -0.1) is 0 Å². The SMILES string of the molecule is COC(=O)C=NC(=O)C(C)S. The van der Waals surface area contributed by atoms with Crippen LogP contribution in [-0.2, 0) is 14.3 Å². The van der Waals surface area contributed by atoms with E-state index in [4.69, 9.17) is 0 Å². The second-order valence-corrected chi connectivity index (χ2v) is 2.57. The lowest BCUT2D eigenvalue weighted by molar-refractivity contribution is -0.132. The van der Waals surface area contributed by atoms with Crippen LogP contribution in [0.4, 0.5) is 0 Å². The van der Waals surface area contributed by atoms with Gasteiger partial charge in [0.05, 0.1) is 12.4 Å². The van der Waals surface area contributed by atoms with E-state index in [-0.39, 0.29) is 0 Å². The van der Waals surface area contributed by atoms with Crippen LogP contribution in [0.5, 0.6) is 0 Å². The number of esters is 1. The first-order valence-electron chi connectivity index (χ1n) is 2.92. The highest BCUT2D eigenvalue weighted by Gasteiger charge is 2.04. The number of rotatable bonds is 2. The molecule has 1 atom stereocenters. The summed E-state index contributed by atoms with van der Waals surface area (Å²) in [6, 6.07) is 0. The lowest BCUT2D eigenvalue weighted by Crippen LogP contribution is -2.10. The number of amides is 1. The number of thiol groups is 1. The van der Waals surface area contributed by atoms with Gasteiger partial charge in [0.1, 0.15) is 6.21 Å². The number of hydrogen-bond acceptors (Lipinski definition) is 4. The Hall–Kier alpha value is -0.840. The third-order valence-corrected chi connectivity index (χ3v) is 1.08. The molecule has 0 N–H and O–H groups in total. The fourth-order valence-electron chi connectivity index (χ4n) is 0.277. The Bertz CT molecular complexity index is 188. The number of carbonyl (C=O) groups is 2. The van der Waals surface area contributed by atoms with Gasteiger partial charge < -0.3 is 4.74 Å². The van der Waals surface area contributed by atoms with Crippen molar-refractivity contribution in [2.75, 3.05) is 7.11 Å². The summed E-state index contributed by atoms with van der Waals surface area (Å²) in [5.74, 6) is -1.11. The molecule has 0 aliphatic heterocycles. The predicted molar refractivity (Wildman–Crippen MR) is 44.0 cm³/mol. The fourth-order valence-corrected chi connectivity index (χ4v) is 0.344. The quantitative estimate of drug-likeness (QED) is 0.367. The summed E-state index contributed by atoms with van der Waals surface area (Å²) in [6.07, 6.45) is 0.828. The van der Waals surface area contributed by atoms with E-state index in [1.807, 2.05) is 0 Å². The number of carbonyl (C=O) groups excluding carboxylic acids is 2. The maximum Gasteiger partial charge on any atom is 0.349 e. The normalized spacial score (nSPS) is 13.0. The van der Waals surface area contributed by atoms with Crippen molar-refractivity contribution in [3.05, 3.63) is 0 Å². The van der Waals surface area contributed by atoms with Crippen molar-refractivity contribution in [2.45, 2.75) is 12.2 Å². The lowest BCUT2D eigenvalue weighted by atomic mass is 10.4. The first-order valence-corrected chi connectivity index (χ1v) is 3.43. The van der Waals surface area contributed by atoms with E-state index >= 15 is 0 Å². The van der Waals surface area contributed by atoms with Crippen molar-refractivity contribution >= 4 is 30.7 Å². The van der Waals surface area contributed by atoms with E-state index in [9.17, 15) is 9.59 Å². The zero-order valence-electron chi connectivity index (χ0n) is 6.27. The van der Waals surface area contributed by atoms with Crippen molar-refractivity contribution in [1.29, 1.82) is 0 Å². The Kier molecular flexibility index (Phi) is 4.52. The molecule has 0 rings (SSSR count). The van der Waals surface area contributed by atoms with Gasteiger partial charge in [0.2, 0.25) is 0 Å². The average molecular weight is 175 g/mol. The molecule has 0 aromatic rings. The van der Waals surface area contributed by atoms with Crippen LogP contribution < -0.4 is 0 Å². The molecule has 11 heavy (non-hydrogen) atoms. The van der Waals surface area contributed by atoms with Gasteiger partial charge in [-0.25, -0.2) is 9.79 Å². The summed E-state index contributed by atoms with van der Waals surface area (Å²) in [7, 11) is 1.21. The topological polar surface area (TPSA) is 55.7 Å². The molecule has 0 saturated carbocycles. The van der Waals surface area contributed by atoms with Crippen LogP contribution in [0.25, 0.3) is 0 Å². The van der Waals surface area contributed by atoms with Gasteiger partial charge in [-0.05, 0) is 6.92 Å². The molecule has 5 heteroatoms. The van der Waals surface area contributed by atoms with Crippen molar-refractivity contribution in [1.82, 2.24) is 0 Å². The molecular weight excluding hydrogens is 166 g/mol. The highest BCUT2D eigenvalue weighted by atomic mass is 32.1. The van der Waals surface area contributed by atoms with Crippen molar-refractivity contribution < 1.29 is 14.3 Å². The minimum atomic E-state index is -0.646. The number of ether oxygens (including phenoxy) is 1. The van der Waals surface area contributed by atoms with Gasteiger partial charge in [0.15, 0.2) is 0 Å². The number of aliphatic imine (C=N–C) groups is 1. The van der Waals surface area contributed by atoms with Crippen LogP contribution in [0.2, 0.25) is 0 Å². The largest absolute Gasteiger partial charge is 0.465 e. The van der Waals surface area contributed by atoms with Crippen LogP contribution >= 0.6 is 12.6 Å². The number of methoxy groups -OCH3 is 1. The van der Waals surface area contributed by atoms with Crippen molar-refractivity contribution in [2.24, 2.45) is 4.99 Å². The Morgan fingerprint density at radius 1 is 1.64 bits per heavy atom. The van der Waals surface area contributed by atoms with Crippen LogP contribution in [-0.4, -0.2) is 30.5 Å². The van der Waals surface area contributed by atoms with Crippen molar-refractivity contribution in [3.63, 3.8) is 0 Å². The van der Waals surface area contributed by atoms with E-state index in [0.29, 0.717) is 0 Å². The summed E-state index contributed by atoms with van der Waals surface area (Å²) >= 11 is 3.81. The first-order chi connectivity index (χ1) is 5.07. The molecule has 0 spiro atoms. The smallest absolute Gasteiger partial charge is 0.349 e. The van der Waals surface area contributed by atoms with Gasteiger partial charge in [-0.2, -0.15) is 12.6 Å². The van der Waals surface area contributed by atoms with E-state index in [2.05, 4.69) is 22.4 Å². The molecule has 1 unspecified atom stereocenters. The summed E-state index contributed by atoms with van der Waals surface area (Å²) < 4.78 is 4.21. The van der Waals surface area contributed by atoms with E-state index < -0.39 is 17.1 Å². The molecule has 1 amide bonds. The highest BCUT2D eigenvalue weighted by Crippen LogP contribution is 1.94. The van der Waals surface area contributed by atoms with Gasteiger partial charge in [0.25, 0.3) is 5.91 Å².